The second-order valence-electron chi connectivity index (χ2n) is 2.83. The molecule has 0 bridgehead atoms. The second-order valence-corrected chi connectivity index (χ2v) is 2.83. The maximum atomic E-state index is 9.11. The van der Waals surface area contributed by atoms with E-state index in [1.807, 2.05) is 6.92 Å². The maximum absolute atomic E-state index is 9.11. The van der Waals surface area contributed by atoms with Crippen LogP contribution in [-0.4, -0.2) is 28.7 Å². The van der Waals surface area contributed by atoms with Gasteiger partial charge in [-0.25, -0.2) is 0 Å². The molecule has 0 spiro atoms. The highest BCUT2D eigenvalue weighted by Gasteiger charge is 2.24. The van der Waals surface area contributed by atoms with Crippen LogP contribution in [0.3, 0.4) is 0 Å². The first kappa shape index (κ1) is 9.09. The van der Waals surface area contributed by atoms with Crippen LogP contribution in [0.5, 0.6) is 0 Å². The highest BCUT2D eigenvalue weighted by Crippen LogP contribution is 2.14. The van der Waals surface area contributed by atoms with E-state index in [0.717, 1.165) is 5.69 Å². The fourth-order valence-corrected chi connectivity index (χ4v) is 0.872. The van der Waals surface area contributed by atoms with E-state index in [9.17, 15) is 0 Å². The number of nitrogens with zero attached hydrogens (tertiary/aromatic N) is 2. The summed E-state index contributed by atoms with van der Waals surface area (Å²) in [6, 6.07) is 0. The third-order valence-corrected chi connectivity index (χ3v) is 2.00. The number of rotatable bonds is 3. The van der Waals surface area contributed by atoms with Gasteiger partial charge in [0, 0.05) is 12.4 Å². The minimum absolute atomic E-state index is 0.00218. The van der Waals surface area contributed by atoms with Crippen molar-refractivity contribution in [1.82, 2.24) is 15.3 Å². The summed E-state index contributed by atoms with van der Waals surface area (Å²) in [7, 11) is 1.78. The van der Waals surface area contributed by atoms with Crippen molar-refractivity contribution >= 4 is 0 Å². The summed E-state index contributed by atoms with van der Waals surface area (Å²) in [5.74, 6) is 0. The Labute approximate surface area is 71.7 Å². The molecule has 1 rings (SSSR count). The highest BCUT2D eigenvalue weighted by molar-refractivity contribution is 5.09. The first-order valence-corrected chi connectivity index (χ1v) is 3.79. The Hall–Kier alpha value is -1.00. The van der Waals surface area contributed by atoms with Crippen LogP contribution < -0.4 is 5.32 Å². The zero-order valence-corrected chi connectivity index (χ0v) is 7.28. The number of aromatic nitrogens is 2. The lowest BCUT2D eigenvalue weighted by Crippen LogP contribution is -2.41. The van der Waals surface area contributed by atoms with Gasteiger partial charge in [-0.3, -0.25) is 9.97 Å². The standard InChI is InChI=1S/C8H13N3O/c1-8(6-12,9-2)7-5-10-3-4-11-7/h3-5,9,12H,6H2,1-2H3. The molecule has 0 saturated carbocycles. The minimum atomic E-state index is -0.492. The molecule has 66 valence electrons. The first-order chi connectivity index (χ1) is 5.73. The van der Waals surface area contributed by atoms with Crippen LogP contribution in [0.1, 0.15) is 12.6 Å². The van der Waals surface area contributed by atoms with Gasteiger partial charge in [-0.15, -0.1) is 0 Å². The minimum Gasteiger partial charge on any atom is -0.394 e. The van der Waals surface area contributed by atoms with E-state index in [0.29, 0.717) is 0 Å². The summed E-state index contributed by atoms with van der Waals surface area (Å²) in [5.41, 5.74) is 0.254. The molecule has 1 aromatic heterocycles. The number of nitrogens with one attached hydrogen (secondary N) is 1. The summed E-state index contributed by atoms with van der Waals surface area (Å²) in [4.78, 5) is 8.04. The Kier molecular flexibility index (Phi) is 2.73. The van der Waals surface area contributed by atoms with E-state index in [4.69, 9.17) is 5.11 Å². The molecule has 0 aromatic carbocycles. The largest absolute Gasteiger partial charge is 0.394 e. The van der Waals surface area contributed by atoms with Crippen molar-refractivity contribution in [2.24, 2.45) is 0 Å². The van der Waals surface area contributed by atoms with Crippen molar-refractivity contribution in [1.29, 1.82) is 0 Å². The molecule has 1 atom stereocenters. The summed E-state index contributed by atoms with van der Waals surface area (Å²) >= 11 is 0. The fraction of sp³-hybridized carbons (Fsp3) is 0.500. The van der Waals surface area contributed by atoms with Crippen LogP contribution >= 0.6 is 0 Å². The summed E-state index contributed by atoms with van der Waals surface area (Å²) in [6.45, 7) is 1.87. The van der Waals surface area contributed by atoms with Crippen molar-refractivity contribution in [3.8, 4) is 0 Å². The van der Waals surface area contributed by atoms with Gasteiger partial charge in [0.15, 0.2) is 0 Å². The predicted molar refractivity (Wildman–Crippen MR) is 45.5 cm³/mol. The summed E-state index contributed by atoms with van der Waals surface area (Å²) in [5, 5.41) is 12.1. The SMILES string of the molecule is CNC(C)(CO)c1cnccn1. The normalized spacial score (nSPS) is 15.6. The second kappa shape index (κ2) is 3.60. The molecular weight excluding hydrogens is 154 g/mol. The molecule has 0 radical (unpaired) electrons. The molecule has 0 aliphatic heterocycles. The van der Waals surface area contributed by atoms with Crippen LogP contribution in [0.25, 0.3) is 0 Å². The van der Waals surface area contributed by atoms with Crippen molar-refractivity contribution in [2.45, 2.75) is 12.5 Å². The van der Waals surface area contributed by atoms with Gasteiger partial charge in [-0.05, 0) is 14.0 Å². The lowest BCUT2D eigenvalue weighted by Gasteiger charge is -2.25. The van der Waals surface area contributed by atoms with E-state index in [2.05, 4.69) is 15.3 Å². The third-order valence-electron chi connectivity index (χ3n) is 2.00. The lowest BCUT2D eigenvalue weighted by atomic mass is 10.0. The van der Waals surface area contributed by atoms with E-state index in [-0.39, 0.29) is 6.61 Å². The number of aliphatic hydroxyl groups is 1. The van der Waals surface area contributed by atoms with Gasteiger partial charge < -0.3 is 10.4 Å². The number of aliphatic hydroxyl groups excluding tert-OH is 1. The van der Waals surface area contributed by atoms with E-state index >= 15 is 0 Å². The molecule has 1 heterocycles. The van der Waals surface area contributed by atoms with Gasteiger partial charge in [0.05, 0.1) is 24.0 Å². The topological polar surface area (TPSA) is 58.0 Å². The quantitative estimate of drug-likeness (QED) is 0.660. The van der Waals surface area contributed by atoms with Crippen molar-refractivity contribution < 1.29 is 5.11 Å². The van der Waals surface area contributed by atoms with Gasteiger partial charge >= 0.3 is 0 Å². The van der Waals surface area contributed by atoms with Crippen molar-refractivity contribution in [2.75, 3.05) is 13.7 Å². The van der Waals surface area contributed by atoms with Crippen molar-refractivity contribution in [3.05, 3.63) is 24.3 Å². The predicted octanol–water partition coefficient (Wildman–Crippen LogP) is -0.0965. The molecule has 0 aliphatic rings. The molecule has 0 amide bonds. The van der Waals surface area contributed by atoms with Gasteiger partial charge in [0.1, 0.15) is 0 Å². The molecular formula is C8H13N3O. The summed E-state index contributed by atoms with van der Waals surface area (Å²) in [6.07, 6.45) is 4.87. The molecule has 1 aromatic rings. The van der Waals surface area contributed by atoms with Gasteiger partial charge in [0.25, 0.3) is 0 Å². The Balaban J connectivity index is 2.95. The Bertz CT molecular complexity index is 233. The van der Waals surface area contributed by atoms with Crippen LogP contribution in [0.15, 0.2) is 18.6 Å². The van der Waals surface area contributed by atoms with Gasteiger partial charge in [-0.1, -0.05) is 0 Å². The average Bonchev–Trinajstić information content (AvgIpc) is 2.18. The maximum Gasteiger partial charge on any atom is 0.0827 e. The molecule has 0 saturated heterocycles. The lowest BCUT2D eigenvalue weighted by molar-refractivity contribution is 0.179. The molecule has 0 fully saturated rings. The first-order valence-electron chi connectivity index (χ1n) is 3.79. The Morgan fingerprint density at radius 2 is 2.33 bits per heavy atom. The molecule has 4 nitrogen and oxygen atoms in total. The number of hydrogen-bond acceptors (Lipinski definition) is 4. The van der Waals surface area contributed by atoms with E-state index in [1.165, 1.54) is 0 Å². The van der Waals surface area contributed by atoms with E-state index < -0.39 is 5.54 Å². The van der Waals surface area contributed by atoms with Crippen LogP contribution in [0.4, 0.5) is 0 Å². The Morgan fingerprint density at radius 3 is 2.75 bits per heavy atom. The molecule has 0 aliphatic carbocycles. The average molecular weight is 167 g/mol. The zero-order chi connectivity index (χ0) is 9.03. The smallest absolute Gasteiger partial charge is 0.0827 e. The highest BCUT2D eigenvalue weighted by atomic mass is 16.3. The van der Waals surface area contributed by atoms with Crippen LogP contribution in [-0.2, 0) is 5.54 Å². The number of likely N-dealkylation sites (N-methyl/N-ethyl adjacent to an activating group) is 1. The zero-order valence-electron chi connectivity index (χ0n) is 7.28. The molecule has 4 heteroatoms. The van der Waals surface area contributed by atoms with E-state index in [1.54, 1.807) is 25.6 Å². The Morgan fingerprint density at radius 1 is 1.58 bits per heavy atom. The number of hydrogen-bond donors (Lipinski definition) is 2. The van der Waals surface area contributed by atoms with Crippen LogP contribution in [0, 0.1) is 0 Å². The van der Waals surface area contributed by atoms with Crippen molar-refractivity contribution in [3.63, 3.8) is 0 Å². The monoisotopic (exact) mass is 167 g/mol. The molecule has 12 heavy (non-hydrogen) atoms. The molecule has 2 N–H and O–H groups in total. The van der Waals surface area contributed by atoms with Crippen LogP contribution in [0.2, 0.25) is 0 Å². The summed E-state index contributed by atoms with van der Waals surface area (Å²) < 4.78 is 0. The van der Waals surface area contributed by atoms with Gasteiger partial charge in [-0.2, -0.15) is 0 Å². The van der Waals surface area contributed by atoms with Gasteiger partial charge in [0.2, 0.25) is 0 Å². The third kappa shape index (κ3) is 1.60. The fourth-order valence-electron chi connectivity index (χ4n) is 0.872. The molecule has 1 unspecified atom stereocenters.